The molecule has 2 aromatic rings. The highest BCUT2D eigenvalue weighted by Gasteiger charge is 2.04. The Morgan fingerprint density at radius 1 is 1.14 bits per heavy atom. The second-order valence-electron chi connectivity index (χ2n) is 4.56. The Bertz CT molecular complexity index is 619. The van der Waals surface area contributed by atoms with E-state index in [0.29, 0.717) is 30.3 Å². The summed E-state index contributed by atoms with van der Waals surface area (Å²) in [7, 11) is -1.04. The van der Waals surface area contributed by atoms with Crippen LogP contribution in [0, 0.1) is 0 Å². The zero-order chi connectivity index (χ0) is 15.1. The average Bonchev–Trinajstić information content (AvgIpc) is 2.51. The molecule has 0 fully saturated rings. The topological polar surface area (TPSA) is 52.3 Å². The molecule has 0 aromatic heterocycles. The van der Waals surface area contributed by atoms with E-state index in [0.717, 1.165) is 16.2 Å². The molecule has 3 nitrogen and oxygen atoms in total. The van der Waals surface area contributed by atoms with Crippen molar-refractivity contribution in [2.24, 2.45) is 5.73 Å². The van der Waals surface area contributed by atoms with Gasteiger partial charge in [-0.05, 0) is 42.3 Å². The monoisotopic (exact) mass is 323 g/mol. The number of hydrogen-bond donors (Lipinski definition) is 1. The zero-order valence-electron chi connectivity index (χ0n) is 11.6. The van der Waals surface area contributed by atoms with E-state index in [4.69, 9.17) is 22.1 Å². The minimum Gasteiger partial charge on any atom is -0.494 e. The van der Waals surface area contributed by atoms with Crippen molar-refractivity contribution in [3.63, 3.8) is 0 Å². The maximum atomic E-state index is 12.1. The van der Waals surface area contributed by atoms with E-state index in [1.54, 1.807) is 12.1 Å². The minimum atomic E-state index is -1.04. The van der Waals surface area contributed by atoms with E-state index < -0.39 is 10.8 Å². The van der Waals surface area contributed by atoms with Crippen LogP contribution in [0.25, 0.3) is 0 Å². The third-order valence-electron chi connectivity index (χ3n) is 2.94. The Morgan fingerprint density at radius 3 is 2.71 bits per heavy atom. The lowest BCUT2D eigenvalue weighted by Crippen LogP contribution is -2.05. The molecule has 112 valence electrons. The number of halogens is 1. The average molecular weight is 324 g/mol. The molecule has 0 bridgehead atoms. The molecular weight excluding hydrogens is 306 g/mol. The SMILES string of the molecule is NCc1cccc(OCCCS(=O)c2cccc(Cl)c2)c1. The van der Waals surface area contributed by atoms with Gasteiger partial charge < -0.3 is 10.5 Å². The van der Waals surface area contributed by atoms with E-state index in [2.05, 4.69) is 0 Å². The van der Waals surface area contributed by atoms with Gasteiger partial charge in [0.25, 0.3) is 0 Å². The molecule has 0 aliphatic carbocycles. The first kappa shape index (κ1) is 16.0. The van der Waals surface area contributed by atoms with E-state index in [-0.39, 0.29) is 0 Å². The van der Waals surface area contributed by atoms with Crippen LogP contribution in [-0.2, 0) is 17.3 Å². The van der Waals surface area contributed by atoms with Crippen molar-refractivity contribution in [2.45, 2.75) is 17.9 Å². The molecule has 0 aliphatic heterocycles. The first-order valence-electron chi connectivity index (χ1n) is 6.75. The number of ether oxygens (including phenoxy) is 1. The summed E-state index contributed by atoms with van der Waals surface area (Å²) in [5.41, 5.74) is 6.62. The Kier molecular flexibility index (Phi) is 6.23. The van der Waals surface area contributed by atoms with Crippen LogP contribution in [0.5, 0.6) is 5.75 Å². The zero-order valence-corrected chi connectivity index (χ0v) is 13.2. The normalized spacial score (nSPS) is 12.1. The molecule has 2 N–H and O–H groups in total. The van der Waals surface area contributed by atoms with Crippen LogP contribution in [0.2, 0.25) is 5.02 Å². The van der Waals surface area contributed by atoms with Gasteiger partial charge in [-0.2, -0.15) is 0 Å². The fourth-order valence-corrected chi connectivity index (χ4v) is 3.23. The third-order valence-corrected chi connectivity index (χ3v) is 4.61. The van der Waals surface area contributed by atoms with Crippen LogP contribution < -0.4 is 10.5 Å². The molecule has 0 amide bonds. The van der Waals surface area contributed by atoms with Crippen molar-refractivity contribution in [2.75, 3.05) is 12.4 Å². The predicted molar refractivity (Wildman–Crippen MR) is 87.2 cm³/mol. The summed E-state index contributed by atoms with van der Waals surface area (Å²) in [5.74, 6) is 1.35. The molecule has 0 aliphatic rings. The second-order valence-corrected chi connectivity index (χ2v) is 6.57. The molecule has 0 heterocycles. The molecule has 21 heavy (non-hydrogen) atoms. The Balaban J connectivity index is 1.78. The van der Waals surface area contributed by atoms with Crippen molar-refractivity contribution in [1.29, 1.82) is 0 Å². The Morgan fingerprint density at radius 2 is 1.95 bits per heavy atom. The summed E-state index contributed by atoms with van der Waals surface area (Å²) < 4.78 is 17.7. The molecule has 2 rings (SSSR count). The molecule has 0 saturated heterocycles. The van der Waals surface area contributed by atoms with E-state index >= 15 is 0 Å². The Hall–Kier alpha value is -1.36. The summed E-state index contributed by atoms with van der Waals surface area (Å²) in [5, 5.41) is 0.607. The first-order valence-corrected chi connectivity index (χ1v) is 8.44. The minimum absolute atomic E-state index is 0.496. The van der Waals surface area contributed by atoms with Gasteiger partial charge in [-0.25, -0.2) is 0 Å². The van der Waals surface area contributed by atoms with Gasteiger partial charge in [0.1, 0.15) is 5.75 Å². The summed E-state index contributed by atoms with van der Waals surface area (Å²) in [4.78, 5) is 0.757. The van der Waals surface area contributed by atoms with Crippen LogP contribution in [0.4, 0.5) is 0 Å². The highest BCUT2D eigenvalue weighted by molar-refractivity contribution is 7.85. The van der Waals surface area contributed by atoms with Crippen LogP contribution in [0.1, 0.15) is 12.0 Å². The smallest absolute Gasteiger partial charge is 0.119 e. The lowest BCUT2D eigenvalue weighted by atomic mass is 10.2. The third kappa shape index (κ3) is 5.16. The molecule has 1 atom stereocenters. The predicted octanol–water partition coefficient (Wildman–Crippen LogP) is 3.38. The Labute approximate surface area is 132 Å². The van der Waals surface area contributed by atoms with Gasteiger partial charge in [0.2, 0.25) is 0 Å². The highest BCUT2D eigenvalue weighted by atomic mass is 35.5. The lowest BCUT2D eigenvalue weighted by molar-refractivity contribution is 0.318. The lowest BCUT2D eigenvalue weighted by Gasteiger charge is -2.07. The number of nitrogens with two attached hydrogens (primary N) is 1. The van der Waals surface area contributed by atoms with Gasteiger partial charge in [0.05, 0.1) is 17.4 Å². The van der Waals surface area contributed by atoms with Crippen LogP contribution >= 0.6 is 11.6 Å². The van der Waals surface area contributed by atoms with Crippen molar-refractivity contribution >= 4 is 22.4 Å². The van der Waals surface area contributed by atoms with Gasteiger partial charge in [0.15, 0.2) is 0 Å². The van der Waals surface area contributed by atoms with Crippen molar-refractivity contribution in [3.05, 3.63) is 59.1 Å². The standard InChI is InChI=1S/C16H18ClNO2S/c17-14-5-2-7-16(11-14)21(19)9-3-8-20-15-6-1-4-13(10-15)12-18/h1-2,4-7,10-11H,3,8-9,12,18H2. The highest BCUT2D eigenvalue weighted by Crippen LogP contribution is 2.16. The van der Waals surface area contributed by atoms with Crippen LogP contribution in [-0.4, -0.2) is 16.6 Å². The molecule has 5 heteroatoms. The van der Waals surface area contributed by atoms with Gasteiger partial charge in [-0.15, -0.1) is 0 Å². The van der Waals surface area contributed by atoms with Gasteiger partial charge in [-0.1, -0.05) is 29.8 Å². The second kappa shape index (κ2) is 8.17. The van der Waals surface area contributed by atoms with E-state index in [9.17, 15) is 4.21 Å². The van der Waals surface area contributed by atoms with Crippen molar-refractivity contribution in [1.82, 2.24) is 0 Å². The summed E-state index contributed by atoms with van der Waals surface area (Å²) >= 11 is 5.89. The molecule has 1 unspecified atom stereocenters. The first-order chi connectivity index (χ1) is 10.2. The van der Waals surface area contributed by atoms with E-state index in [1.807, 2.05) is 36.4 Å². The van der Waals surface area contributed by atoms with Gasteiger partial charge in [0, 0.05) is 22.2 Å². The van der Waals surface area contributed by atoms with E-state index in [1.165, 1.54) is 0 Å². The fraction of sp³-hybridized carbons (Fsp3) is 0.250. The summed E-state index contributed by atoms with van der Waals surface area (Å²) in [6, 6.07) is 14.8. The maximum Gasteiger partial charge on any atom is 0.119 e. The molecule has 2 aromatic carbocycles. The number of hydrogen-bond acceptors (Lipinski definition) is 3. The molecular formula is C16H18ClNO2S. The number of rotatable bonds is 7. The number of benzene rings is 2. The quantitative estimate of drug-likeness (QED) is 0.795. The van der Waals surface area contributed by atoms with Gasteiger partial charge >= 0.3 is 0 Å². The summed E-state index contributed by atoms with van der Waals surface area (Å²) in [6.45, 7) is 1.02. The van der Waals surface area contributed by atoms with Crippen molar-refractivity contribution in [3.8, 4) is 5.75 Å². The van der Waals surface area contributed by atoms with Crippen LogP contribution in [0.15, 0.2) is 53.4 Å². The fourth-order valence-electron chi connectivity index (χ4n) is 1.87. The molecule has 0 radical (unpaired) electrons. The molecule has 0 spiro atoms. The van der Waals surface area contributed by atoms with Crippen molar-refractivity contribution < 1.29 is 8.95 Å². The molecule has 0 saturated carbocycles. The summed E-state index contributed by atoms with van der Waals surface area (Å²) in [6.07, 6.45) is 0.714. The van der Waals surface area contributed by atoms with Crippen LogP contribution in [0.3, 0.4) is 0 Å². The van der Waals surface area contributed by atoms with Gasteiger partial charge in [-0.3, -0.25) is 4.21 Å². The maximum absolute atomic E-state index is 12.1. The largest absolute Gasteiger partial charge is 0.494 e.